The molecule has 1 atom stereocenters. The number of carbonyl (C=O) groups excluding carboxylic acids is 1. The van der Waals surface area contributed by atoms with E-state index in [9.17, 15) is 9.18 Å². The summed E-state index contributed by atoms with van der Waals surface area (Å²) in [5, 5.41) is 0. The average Bonchev–Trinajstić information content (AvgIpc) is 3.12. The van der Waals surface area contributed by atoms with Crippen molar-refractivity contribution in [3.63, 3.8) is 0 Å². The Bertz CT molecular complexity index is 814. The Kier molecular flexibility index (Phi) is 4.66. The van der Waals surface area contributed by atoms with Gasteiger partial charge in [-0.15, -0.1) is 0 Å². The van der Waals surface area contributed by atoms with Crippen LogP contribution in [0, 0.1) is 6.92 Å². The van der Waals surface area contributed by atoms with Crippen LogP contribution in [-0.2, 0) is 6.42 Å². The Balaban J connectivity index is 1.65. The number of carbonyl (C=O) groups is 1. The molecule has 0 radical (unpaired) electrons. The Morgan fingerprint density at radius 3 is 2.62 bits per heavy atom. The summed E-state index contributed by atoms with van der Waals surface area (Å²) in [7, 11) is 0. The normalized spacial score (nSPS) is 20.0. The monoisotopic (exact) mass is 352 g/mol. The van der Waals surface area contributed by atoms with E-state index in [-0.39, 0.29) is 5.91 Å². The van der Waals surface area contributed by atoms with E-state index in [0.29, 0.717) is 24.9 Å². The van der Waals surface area contributed by atoms with Crippen molar-refractivity contribution in [2.75, 3.05) is 29.4 Å². The summed E-state index contributed by atoms with van der Waals surface area (Å²) >= 11 is 0. The van der Waals surface area contributed by atoms with Gasteiger partial charge in [0.25, 0.3) is 5.91 Å². The summed E-state index contributed by atoms with van der Waals surface area (Å²) in [6.45, 7) is 4.59. The molecule has 136 valence electrons. The van der Waals surface area contributed by atoms with Crippen LogP contribution in [0.15, 0.2) is 42.5 Å². The first-order valence-electron chi connectivity index (χ1n) is 9.53. The van der Waals surface area contributed by atoms with Crippen molar-refractivity contribution >= 4 is 17.3 Å². The van der Waals surface area contributed by atoms with Crippen molar-refractivity contribution in [1.29, 1.82) is 0 Å². The smallest absolute Gasteiger partial charge is 0.258 e. The zero-order valence-electron chi connectivity index (χ0n) is 15.2. The lowest BCUT2D eigenvalue weighted by Crippen LogP contribution is -2.32. The maximum absolute atomic E-state index is 14.1. The minimum atomic E-state index is -0.896. The lowest BCUT2D eigenvalue weighted by molar-refractivity contribution is 0.0985. The van der Waals surface area contributed by atoms with Crippen LogP contribution in [0.25, 0.3) is 0 Å². The first-order valence-corrected chi connectivity index (χ1v) is 9.53. The van der Waals surface area contributed by atoms with Gasteiger partial charge in [0.15, 0.2) is 0 Å². The molecule has 2 heterocycles. The number of aryl methyl sites for hydroxylation is 1. The van der Waals surface area contributed by atoms with Crippen molar-refractivity contribution in [1.82, 2.24) is 0 Å². The Morgan fingerprint density at radius 1 is 1.08 bits per heavy atom. The van der Waals surface area contributed by atoms with Crippen molar-refractivity contribution in [2.45, 2.75) is 38.8 Å². The number of anilines is 2. The van der Waals surface area contributed by atoms with Crippen LogP contribution in [0.1, 0.15) is 40.7 Å². The Labute approximate surface area is 154 Å². The molecular formula is C22H25FN2O. The molecule has 2 aromatic carbocycles. The predicted molar refractivity (Wildman–Crippen MR) is 104 cm³/mol. The molecular weight excluding hydrogens is 327 g/mol. The second kappa shape index (κ2) is 7.10. The summed E-state index contributed by atoms with van der Waals surface area (Å²) in [6.07, 6.45) is 2.33. The molecule has 0 aliphatic carbocycles. The fourth-order valence-electron chi connectivity index (χ4n) is 4.09. The number of halogens is 1. The third kappa shape index (κ3) is 3.20. The fourth-order valence-corrected chi connectivity index (χ4v) is 4.09. The number of amides is 1. The van der Waals surface area contributed by atoms with E-state index in [2.05, 4.69) is 11.0 Å². The van der Waals surface area contributed by atoms with Gasteiger partial charge >= 0.3 is 0 Å². The van der Waals surface area contributed by atoms with Crippen LogP contribution in [0.4, 0.5) is 15.8 Å². The summed E-state index contributed by atoms with van der Waals surface area (Å²) in [5.74, 6) is -0.0305. The number of nitrogens with zero attached hydrogens (tertiary/aromatic N) is 2. The average molecular weight is 352 g/mol. The van der Waals surface area contributed by atoms with E-state index < -0.39 is 6.17 Å². The van der Waals surface area contributed by atoms with E-state index >= 15 is 0 Å². The van der Waals surface area contributed by atoms with Crippen molar-refractivity contribution in [3.05, 3.63) is 59.2 Å². The van der Waals surface area contributed by atoms with Crippen LogP contribution in [0.2, 0.25) is 0 Å². The van der Waals surface area contributed by atoms with Crippen molar-refractivity contribution in [3.8, 4) is 0 Å². The molecule has 1 amide bonds. The van der Waals surface area contributed by atoms with Crippen LogP contribution >= 0.6 is 0 Å². The number of fused-ring (bicyclic) bond motifs is 1. The molecule has 0 N–H and O–H groups in total. The maximum atomic E-state index is 14.1. The van der Waals surface area contributed by atoms with Gasteiger partial charge in [-0.3, -0.25) is 4.79 Å². The van der Waals surface area contributed by atoms with Gasteiger partial charge in [0.05, 0.1) is 0 Å². The van der Waals surface area contributed by atoms with Gasteiger partial charge in [-0.1, -0.05) is 18.2 Å². The maximum Gasteiger partial charge on any atom is 0.258 e. The van der Waals surface area contributed by atoms with Gasteiger partial charge in [-0.05, 0) is 61.6 Å². The Morgan fingerprint density at radius 2 is 1.85 bits per heavy atom. The van der Waals surface area contributed by atoms with Gasteiger partial charge in [-0.25, -0.2) is 4.39 Å². The van der Waals surface area contributed by atoms with Gasteiger partial charge in [-0.2, -0.15) is 0 Å². The fraction of sp³-hybridized carbons (Fsp3) is 0.409. The highest BCUT2D eigenvalue weighted by Gasteiger charge is 2.27. The minimum Gasteiger partial charge on any atom is -0.372 e. The van der Waals surface area contributed by atoms with Crippen LogP contribution in [-0.4, -0.2) is 31.7 Å². The molecule has 0 bridgehead atoms. The van der Waals surface area contributed by atoms with Crippen LogP contribution in [0.3, 0.4) is 0 Å². The van der Waals surface area contributed by atoms with E-state index in [1.54, 1.807) is 4.90 Å². The van der Waals surface area contributed by atoms with Crippen molar-refractivity contribution < 1.29 is 9.18 Å². The number of hydrogen-bond acceptors (Lipinski definition) is 2. The quantitative estimate of drug-likeness (QED) is 0.793. The number of rotatable bonds is 2. The van der Waals surface area contributed by atoms with Gasteiger partial charge in [0.2, 0.25) is 0 Å². The summed E-state index contributed by atoms with van der Waals surface area (Å²) < 4.78 is 14.1. The highest BCUT2D eigenvalue weighted by Crippen LogP contribution is 2.30. The first kappa shape index (κ1) is 17.1. The molecule has 3 nitrogen and oxygen atoms in total. The summed E-state index contributed by atoms with van der Waals surface area (Å²) in [5.41, 5.74) is 4.65. The summed E-state index contributed by atoms with van der Waals surface area (Å²) in [4.78, 5) is 17.4. The third-order valence-electron chi connectivity index (χ3n) is 5.55. The molecule has 1 saturated heterocycles. The summed E-state index contributed by atoms with van der Waals surface area (Å²) in [6, 6.07) is 13.8. The van der Waals surface area contributed by atoms with Crippen LogP contribution < -0.4 is 9.80 Å². The zero-order valence-corrected chi connectivity index (χ0v) is 15.2. The molecule has 2 aliphatic heterocycles. The van der Waals surface area contributed by atoms with Gasteiger partial charge in [0, 0.05) is 43.0 Å². The molecule has 0 aromatic heterocycles. The molecule has 1 fully saturated rings. The number of para-hydroxylation sites is 1. The Hall–Kier alpha value is -2.36. The zero-order chi connectivity index (χ0) is 18.1. The SMILES string of the molecule is Cc1cc(N2CCCC2)ccc1C(=O)N1CCC(F)Cc2ccccc21. The lowest BCUT2D eigenvalue weighted by atomic mass is 10.0. The second-order valence-corrected chi connectivity index (χ2v) is 7.37. The predicted octanol–water partition coefficient (Wildman–Crippen LogP) is 4.53. The number of benzene rings is 2. The standard InChI is InChI=1S/C22H25FN2O/c1-16-14-19(24-11-4-5-12-24)8-9-20(16)22(26)25-13-10-18(23)15-17-6-2-3-7-21(17)25/h2-3,6-9,14,18H,4-5,10-13,15H2,1H3. The molecule has 26 heavy (non-hydrogen) atoms. The highest BCUT2D eigenvalue weighted by molar-refractivity contribution is 6.07. The highest BCUT2D eigenvalue weighted by atomic mass is 19.1. The van der Waals surface area contributed by atoms with Gasteiger partial charge in [0.1, 0.15) is 6.17 Å². The minimum absolute atomic E-state index is 0.0305. The van der Waals surface area contributed by atoms with E-state index in [1.165, 1.54) is 18.5 Å². The number of hydrogen-bond donors (Lipinski definition) is 0. The molecule has 2 aromatic rings. The lowest BCUT2D eigenvalue weighted by Gasteiger charge is -2.25. The molecule has 0 saturated carbocycles. The molecule has 0 spiro atoms. The third-order valence-corrected chi connectivity index (χ3v) is 5.55. The number of alkyl halides is 1. The molecule has 1 unspecified atom stereocenters. The largest absolute Gasteiger partial charge is 0.372 e. The molecule has 4 heteroatoms. The topological polar surface area (TPSA) is 23.6 Å². The van der Waals surface area contributed by atoms with E-state index in [0.717, 1.165) is 29.9 Å². The van der Waals surface area contributed by atoms with Crippen LogP contribution in [0.5, 0.6) is 0 Å². The van der Waals surface area contributed by atoms with E-state index in [1.807, 2.05) is 43.3 Å². The molecule has 4 rings (SSSR count). The van der Waals surface area contributed by atoms with Crippen molar-refractivity contribution in [2.24, 2.45) is 0 Å². The van der Waals surface area contributed by atoms with Gasteiger partial charge < -0.3 is 9.80 Å². The molecule has 2 aliphatic rings. The van der Waals surface area contributed by atoms with E-state index in [4.69, 9.17) is 0 Å². The second-order valence-electron chi connectivity index (χ2n) is 7.37. The first-order chi connectivity index (χ1) is 12.6.